The maximum atomic E-state index is 5.66. The van der Waals surface area contributed by atoms with Crippen LogP contribution in [-0.4, -0.2) is 184 Å². The summed E-state index contributed by atoms with van der Waals surface area (Å²) in [5.41, 5.74) is 0. The minimum Gasteiger partial charge on any atom is -0.379 e. The molecule has 0 aromatic heterocycles. The van der Waals surface area contributed by atoms with Gasteiger partial charge in [0.05, 0.1) is 159 Å². The van der Waals surface area contributed by atoms with Crippen molar-refractivity contribution >= 4 is 23.2 Å². The lowest BCUT2D eigenvalue weighted by atomic mass is 10.2. The highest BCUT2D eigenvalue weighted by molar-refractivity contribution is 6.18. The first kappa shape index (κ1) is 51.1. The number of halogens is 2. The van der Waals surface area contributed by atoms with Crippen LogP contribution in [0.25, 0.3) is 0 Å². The average Bonchev–Trinajstić information content (AvgIpc) is 3.14. The van der Waals surface area contributed by atoms with Crippen LogP contribution in [0, 0.1) is 0 Å². The van der Waals surface area contributed by atoms with Crippen LogP contribution < -0.4 is 0 Å². The van der Waals surface area contributed by atoms with E-state index >= 15 is 0 Å². The molecule has 0 radical (unpaired) electrons. The van der Waals surface area contributed by atoms with Gasteiger partial charge < -0.3 is 61.6 Å². The zero-order valence-electron chi connectivity index (χ0n) is 31.5. The highest BCUT2D eigenvalue weighted by Gasteiger charge is 1.98. The van der Waals surface area contributed by atoms with Gasteiger partial charge in [-0.05, 0) is 25.7 Å². The molecule has 0 aliphatic carbocycles. The van der Waals surface area contributed by atoms with Crippen molar-refractivity contribution in [3.8, 4) is 0 Å². The molecule has 0 spiro atoms. The van der Waals surface area contributed by atoms with Crippen LogP contribution in [-0.2, 0) is 61.6 Å². The van der Waals surface area contributed by atoms with Crippen molar-refractivity contribution in [2.45, 2.75) is 51.4 Å². The zero-order valence-corrected chi connectivity index (χ0v) is 33.0. The normalized spacial score (nSPS) is 11.6. The summed E-state index contributed by atoms with van der Waals surface area (Å²) in [7, 11) is 0. The van der Waals surface area contributed by atoms with Crippen LogP contribution in [0.2, 0.25) is 0 Å². The van der Waals surface area contributed by atoms with Gasteiger partial charge in [-0.2, -0.15) is 0 Å². The summed E-state index contributed by atoms with van der Waals surface area (Å²) in [6.45, 7) is 14.5. The molecular weight excluding hydrogens is 711 g/mol. The minimum atomic E-state index is 0.511. The highest BCUT2D eigenvalue weighted by Crippen LogP contribution is 2.02. The molecule has 0 aliphatic rings. The number of hydrogen-bond donors (Lipinski definition) is 0. The molecule has 0 bridgehead atoms. The van der Waals surface area contributed by atoms with Crippen molar-refractivity contribution in [3.05, 3.63) is 0 Å². The monoisotopic (exact) mass is 782 g/mol. The summed E-state index contributed by atoms with van der Waals surface area (Å²) < 4.78 is 71.5. The standard InChI is InChI=1S/C36H72Cl2O13/c37-9-5-1-3-7-11-39-13-15-41-17-19-43-21-23-45-25-27-47-29-31-49-33-35-51-36-34-50-32-30-48-28-26-46-24-22-44-20-18-42-16-14-40-12-8-4-2-6-10-38/h1-36H2. The van der Waals surface area contributed by atoms with Crippen LogP contribution in [0.15, 0.2) is 0 Å². The average molecular weight is 784 g/mol. The summed E-state index contributed by atoms with van der Waals surface area (Å²) >= 11 is 11.3. The molecule has 0 heterocycles. The molecule has 13 nitrogen and oxygen atoms in total. The van der Waals surface area contributed by atoms with Crippen molar-refractivity contribution < 1.29 is 61.6 Å². The van der Waals surface area contributed by atoms with E-state index < -0.39 is 0 Å². The van der Waals surface area contributed by atoms with Crippen LogP contribution in [0.1, 0.15) is 51.4 Å². The Hall–Kier alpha value is 0.0600. The summed E-state index contributed by atoms with van der Waals surface area (Å²) in [5.74, 6) is 1.49. The minimum absolute atomic E-state index is 0.511. The molecular formula is C36H72Cl2O13. The largest absolute Gasteiger partial charge is 0.379 e. The fourth-order valence-electron chi connectivity index (χ4n) is 4.05. The van der Waals surface area contributed by atoms with Gasteiger partial charge in [0, 0.05) is 25.0 Å². The molecule has 0 N–H and O–H groups in total. The fourth-order valence-corrected chi connectivity index (χ4v) is 4.42. The van der Waals surface area contributed by atoms with Crippen LogP contribution in [0.3, 0.4) is 0 Å². The van der Waals surface area contributed by atoms with Crippen LogP contribution in [0.4, 0.5) is 0 Å². The summed E-state index contributed by atoms with van der Waals surface area (Å²) in [6, 6.07) is 0. The molecule has 15 heteroatoms. The van der Waals surface area contributed by atoms with Crippen LogP contribution >= 0.6 is 23.2 Å². The maximum Gasteiger partial charge on any atom is 0.0701 e. The fraction of sp³-hybridized carbons (Fsp3) is 1.00. The van der Waals surface area contributed by atoms with E-state index in [2.05, 4.69) is 0 Å². The predicted molar refractivity (Wildman–Crippen MR) is 199 cm³/mol. The van der Waals surface area contributed by atoms with E-state index in [0.717, 1.165) is 50.7 Å². The topological polar surface area (TPSA) is 120 Å². The molecule has 0 aliphatic heterocycles. The van der Waals surface area contributed by atoms with Gasteiger partial charge in [-0.3, -0.25) is 0 Å². The maximum absolute atomic E-state index is 5.66. The highest BCUT2D eigenvalue weighted by atomic mass is 35.5. The molecule has 0 rings (SSSR count). The first-order chi connectivity index (χ1) is 25.4. The predicted octanol–water partition coefficient (Wildman–Crippen LogP) is 4.80. The Morgan fingerprint density at radius 1 is 0.157 bits per heavy atom. The SMILES string of the molecule is ClCCCCCCOCCOCCOCCOCCOCCOCCOCCOCCOCCOCCOCCOCCOCCCCCCCl. The van der Waals surface area contributed by atoms with Gasteiger partial charge in [0.25, 0.3) is 0 Å². The molecule has 0 aromatic carbocycles. The summed E-state index contributed by atoms with van der Waals surface area (Å²) in [6.07, 6.45) is 8.99. The number of rotatable bonds is 48. The number of alkyl halides is 2. The lowest BCUT2D eigenvalue weighted by Gasteiger charge is -2.09. The van der Waals surface area contributed by atoms with Gasteiger partial charge >= 0.3 is 0 Å². The third-order valence-electron chi connectivity index (χ3n) is 6.81. The Balaban J connectivity index is 3.04. The lowest BCUT2D eigenvalue weighted by molar-refractivity contribution is -0.0290. The van der Waals surface area contributed by atoms with Crippen molar-refractivity contribution in [1.82, 2.24) is 0 Å². The van der Waals surface area contributed by atoms with E-state index in [-0.39, 0.29) is 0 Å². The van der Waals surface area contributed by atoms with E-state index in [1.165, 1.54) is 25.7 Å². The quantitative estimate of drug-likeness (QED) is 0.0622. The molecule has 0 atom stereocenters. The molecule has 0 saturated carbocycles. The third kappa shape index (κ3) is 50.1. The summed E-state index contributed by atoms with van der Waals surface area (Å²) in [5, 5.41) is 0. The van der Waals surface area contributed by atoms with E-state index in [4.69, 9.17) is 84.8 Å². The second kappa shape index (κ2) is 50.1. The Morgan fingerprint density at radius 3 is 0.451 bits per heavy atom. The second-order valence-electron chi connectivity index (χ2n) is 11.2. The van der Waals surface area contributed by atoms with Crippen LogP contribution in [0.5, 0.6) is 0 Å². The Labute approximate surface area is 319 Å². The van der Waals surface area contributed by atoms with Crippen molar-refractivity contribution in [2.24, 2.45) is 0 Å². The molecule has 0 saturated heterocycles. The van der Waals surface area contributed by atoms with Gasteiger partial charge in [-0.15, -0.1) is 23.2 Å². The smallest absolute Gasteiger partial charge is 0.0701 e. The van der Waals surface area contributed by atoms with Crippen molar-refractivity contribution in [2.75, 3.05) is 184 Å². The Bertz CT molecular complexity index is 555. The van der Waals surface area contributed by atoms with Gasteiger partial charge in [0.15, 0.2) is 0 Å². The first-order valence-corrected chi connectivity index (χ1v) is 20.1. The van der Waals surface area contributed by atoms with E-state index in [1.54, 1.807) is 0 Å². The van der Waals surface area contributed by atoms with Gasteiger partial charge in [-0.25, -0.2) is 0 Å². The van der Waals surface area contributed by atoms with Gasteiger partial charge in [-0.1, -0.05) is 25.7 Å². The van der Waals surface area contributed by atoms with Gasteiger partial charge in [0.1, 0.15) is 0 Å². The first-order valence-electron chi connectivity index (χ1n) is 19.0. The number of unbranched alkanes of at least 4 members (excludes halogenated alkanes) is 6. The molecule has 0 amide bonds. The molecule has 51 heavy (non-hydrogen) atoms. The Kier molecular flexibility index (Phi) is 50.1. The lowest BCUT2D eigenvalue weighted by Crippen LogP contribution is -2.15. The van der Waals surface area contributed by atoms with E-state index in [1.807, 2.05) is 0 Å². The second-order valence-corrected chi connectivity index (χ2v) is 11.9. The Morgan fingerprint density at radius 2 is 0.294 bits per heavy atom. The third-order valence-corrected chi connectivity index (χ3v) is 7.34. The number of hydrogen-bond acceptors (Lipinski definition) is 13. The molecule has 308 valence electrons. The van der Waals surface area contributed by atoms with E-state index in [0.29, 0.717) is 159 Å². The summed E-state index contributed by atoms with van der Waals surface area (Å²) in [4.78, 5) is 0. The number of ether oxygens (including phenoxy) is 13. The van der Waals surface area contributed by atoms with Gasteiger partial charge in [0.2, 0.25) is 0 Å². The molecule has 0 aromatic rings. The zero-order chi connectivity index (χ0) is 36.6. The van der Waals surface area contributed by atoms with Crippen molar-refractivity contribution in [1.29, 1.82) is 0 Å². The van der Waals surface area contributed by atoms with E-state index in [9.17, 15) is 0 Å². The molecule has 0 fully saturated rings. The van der Waals surface area contributed by atoms with Crippen molar-refractivity contribution in [3.63, 3.8) is 0 Å². The molecule has 0 unspecified atom stereocenters.